The van der Waals surface area contributed by atoms with Crippen molar-refractivity contribution in [2.75, 3.05) is 7.11 Å². The Hall–Kier alpha value is -1.39. The van der Waals surface area contributed by atoms with Gasteiger partial charge in [0.05, 0.1) is 7.11 Å². The molecule has 1 N–H and O–H groups in total. The minimum absolute atomic E-state index is 0.0452. The Morgan fingerprint density at radius 1 is 1.38 bits per heavy atom. The maximum Gasteiger partial charge on any atom is 0.331 e. The first-order valence-electron chi connectivity index (χ1n) is 5.40. The molecule has 0 aromatic carbocycles. The van der Waals surface area contributed by atoms with E-state index in [-0.39, 0.29) is 12.2 Å². The predicted octanol–water partition coefficient (Wildman–Crippen LogP) is 0.423. The number of nitrogens with one attached hydrogen (secondary N) is 1. The Labute approximate surface area is 94.5 Å². The SMILES string of the molecule is COC(=O)C(C)(NC(=O)C=O)C1CCCC1. The number of hydrogen-bond acceptors (Lipinski definition) is 4. The second-order valence-corrected chi connectivity index (χ2v) is 4.28. The van der Waals surface area contributed by atoms with Crippen LogP contribution in [0.1, 0.15) is 32.6 Å². The topological polar surface area (TPSA) is 72.5 Å². The van der Waals surface area contributed by atoms with E-state index in [4.69, 9.17) is 4.74 Å². The number of aldehydes is 1. The summed E-state index contributed by atoms with van der Waals surface area (Å²) in [6.45, 7) is 1.62. The van der Waals surface area contributed by atoms with E-state index in [2.05, 4.69) is 5.32 Å². The van der Waals surface area contributed by atoms with Crippen molar-refractivity contribution in [2.45, 2.75) is 38.1 Å². The number of esters is 1. The molecule has 1 amide bonds. The van der Waals surface area contributed by atoms with Crippen LogP contribution in [0, 0.1) is 5.92 Å². The standard InChI is InChI=1S/C11H17NO4/c1-11(10(15)16-2,12-9(14)7-13)8-5-3-4-6-8/h7-8H,3-6H2,1-2H3,(H,12,14). The number of carbonyl (C=O) groups excluding carboxylic acids is 3. The third-order valence-corrected chi connectivity index (χ3v) is 3.27. The molecule has 90 valence electrons. The largest absolute Gasteiger partial charge is 0.467 e. The third-order valence-electron chi connectivity index (χ3n) is 3.27. The van der Waals surface area contributed by atoms with E-state index in [9.17, 15) is 14.4 Å². The predicted molar refractivity (Wildman–Crippen MR) is 56.6 cm³/mol. The van der Waals surface area contributed by atoms with Crippen molar-refractivity contribution >= 4 is 18.2 Å². The summed E-state index contributed by atoms with van der Waals surface area (Å²) in [5, 5.41) is 2.45. The van der Waals surface area contributed by atoms with Crippen LogP contribution in [-0.4, -0.2) is 30.8 Å². The second kappa shape index (κ2) is 5.09. The smallest absolute Gasteiger partial charge is 0.331 e. The number of rotatable bonds is 4. The quantitative estimate of drug-likeness (QED) is 0.429. The highest BCUT2D eigenvalue weighted by Crippen LogP contribution is 2.34. The van der Waals surface area contributed by atoms with E-state index in [1.165, 1.54) is 7.11 Å². The van der Waals surface area contributed by atoms with Crippen LogP contribution in [0.15, 0.2) is 0 Å². The van der Waals surface area contributed by atoms with Gasteiger partial charge in [-0.15, -0.1) is 0 Å². The molecule has 16 heavy (non-hydrogen) atoms. The van der Waals surface area contributed by atoms with Crippen molar-refractivity contribution in [3.8, 4) is 0 Å². The van der Waals surface area contributed by atoms with E-state index in [0.717, 1.165) is 25.7 Å². The van der Waals surface area contributed by atoms with Gasteiger partial charge in [0, 0.05) is 0 Å². The molecule has 1 saturated carbocycles. The molecule has 0 bridgehead atoms. The van der Waals surface area contributed by atoms with E-state index in [1.54, 1.807) is 6.92 Å². The van der Waals surface area contributed by atoms with Gasteiger partial charge in [0.25, 0.3) is 5.91 Å². The number of amides is 1. The maximum atomic E-state index is 11.7. The molecule has 5 nitrogen and oxygen atoms in total. The monoisotopic (exact) mass is 227 g/mol. The highest BCUT2D eigenvalue weighted by molar-refractivity contribution is 6.24. The third kappa shape index (κ3) is 2.40. The van der Waals surface area contributed by atoms with Crippen LogP contribution >= 0.6 is 0 Å². The maximum absolute atomic E-state index is 11.7. The fourth-order valence-corrected chi connectivity index (χ4v) is 2.32. The lowest BCUT2D eigenvalue weighted by atomic mass is 9.84. The first-order valence-corrected chi connectivity index (χ1v) is 5.40. The molecule has 0 aliphatic heterocycles. The lowest BCUT2D eigenvalue weighted by Gasteiger charge is -2.32. The molecule has 0 radical (unpaired) electrons. The molecular weight excluding hydrogens is 210 g/mol. The van der Waals surface area contributed by atoms with Gasteiger partial charge < -0.3 is 10.1 Å². The van der Waals surface area contributed by atoms with Gasteiger partial charge in [-0.25, -0.2) is 4.79 Å². The van der Waals surface area contributed by atoms with Crippen LogP contribution in [-0.2, 0) is 19.1 Å². The fourth-order valence-electron chi connectivity index (χ4n) is 2.32. The molecule has 0 saturated heterocycles. The average molecular weight is 227 g/mol. The summed E-state index contributed by atoms with van der Waals surface area (Å²) >= 11 is 0. The zero-order valence-electron chi connectivity index (χ0n) is 9.62. The Kier molecular flexibility index (Phi) is 4.04. The fraction of sp³-hybridized carbons (Fsp3) is 0.727. The van der Waals surface area contributed by atoms with Gasteiger partial charge in [0.1, 0.15) is 5.54 Å². The number of ether oxygens (including phenoxy) is 1. The minimum atomic E-state index is -1.08. The molecule has 1 unspecified atom stereocenters. The van der Waals surface area contributed by atoms with E-state index in [1.807, 2.05) is 0 Å². The average Bonchev–Trinajstić information content (AvgIpc) is 2.81. The number of carbonyl (C=O) groups is 3. The van der Waals surface area contributed by atoms with Gasteiger partial charge in [-0.3, -0.25) is 9.59 Å². The molecule has 1 atom stereocenters. The van der Waals surface area contributed by atoms with Crippen molar-refractivity contribution < 1.29 is 19.1 Å². The summed E-state index contributed by atoms with van der Waals surface area (Å²) in [5.41, 5.74) is -1.08. The molecule has 0 spiro atoms. The molecule has 0 aromatic heterocycles. The van der Waals surface area contributed by atoms with E-state index in [0.29, 0.717) is 0 Å². The van der Waals surface area contributed by atoms with Gasteiger partial charge >= 0.3 is 5.97 Å². The lowest BCUT2D eigenvalue weighted by molar-refractivity contribution is -0.153. The summed E-state index contributed by atoms with van der Waals surface area (Å²) in [6, 6.07) is 0. The zero-order chi connectivity index (χ0) is 12.2. The summed E-state index contributed by atoms with van der Waals surface area (Å²) in [6.07, 6.45) is 3.98. The summed E-state index contributed by atoms with van der Waals surface area (Å²) < 4.78 is 4.70. The van der Waals surface area contributed by atoms with Crippen molar-refractivity contribution in [3.05, 3.63) is 0 Å². The number of methoxy groups -OCH3 is 1. The Morgan fingerprint density at radius 2 is 1.94 bits per heavy atom. The first-order chi connectivity index (χ1) is 7.54. The Balaban J connectivity index is 2.86. The summed E-state index contributed by atoms with van der Waals surface area (Å²) in [4.78, 5) is 33.2. The molecule has 5 heteroatoms. The highest BCUT2D eigenvalue weighted by atomic mass is 16.5. The van der Waals surface area contributed by atoms with Gasteiger partial charge in [0.2, 0.25) is 6.29 Å². The van der Waals surface area contributed by atoms with E-state index >= 15 is 0 Å². The van der Waals surface area contributed by atoms with Crippen LogP contribution in [0.5, 0.6) is 0 Å². The van der Waals surface area contributed by atoms with Crippen LogP contribution in [0.2, 0.25) is 0 Å². The Bertz CT molecular complexity index is 296. The highest BCUT2D eigenvalue weighted by Gasteiger charge is 2.44. The van der Waals surface area contributed by atoms with Gasteiger partial charge in [0.15, 0.2) is 0 Å². The van der Waals surface area contributed by atoms with Gasteiger partial charge in [-0.05, 0) is 25.7 Å². The number of hydrogen-bond donors (Lipinski definition) is 1. The van der Waals surface area contributed by atoms with Crippen LogP contribution in [0.4, 0.5) is 0 Å². The van der Waals surface area contributed by atoms with Crippen LogP contribution < -0.4 is 5.32 Å². The van der Waals surface area contributed by atoms with Crippen molar-refractivity contribution in [1.82, 2.24) is 5.32 Å². The van der Waals surface area contributed by atoms with E-state index < -0.39 is 17.4 Å². The molecule has 1 fully saturated rings. The zero-order valence-corrected chi connectivity index (χ0v) is 9.62. The van der Waals surface area contributed by atoms with Gasteiger partial charge in [-0.1, -0.05) is 12.8 Å². The lowest BCUT2D eigenvalue weighted by Crippen LogP contribution is -2.57. The second-order valence-electron chi connectivity index (χ2n) is 4.28. The molecule has 0 aromatic rings. The Morgan fingerprint density at radius 3 is 2.38 bits per heavy atom. The van der Waals surface area contributed by atoms with Crippen molar-refractivity contribution in [3.63, 3.8) is 0 Å². The summed E-state index contributed by atoms with van der Waals surface area (Å²) in [5.74, 6) is -1.22. The van der Waals surface area contributed by atoms with Gasteiger partial charge in [-0.2, -0.15) is 0 Å². The van der Waals surface area contributed by atoms with Crippen molar-refractivity contribution in [1.29, 1.82) is 0 Å². The minimum Gasteiger partial charge on any atom is -0.467 e. The molecular formula is C11H17NO4. The molecule has 1 rings (SSSR count). The van der Waals surface area contributed by atoms with Crippen LogP contribution in [0.3, 0.4) is 0 Å². The summed E-state index contributed by atoms with van der Waals surface area (Å²) in [7, 11) is 1.28. The molecule has 1 aliphatic carbocycles. The molecule has 1 aliphatic rings. The van der Waals surface area contributed by atoms with Crippen molar-refractivity contribution in [2.24, 2.45) is 5.92 Å². The molecule has 0 heterocycles. The first kappa shape index (κ1) is 12.7. The van der Waals surface area contributed by atoms with Crippen LogP contribution in [0.25, 0.3) is 0 Å². The normalized spacial score (nSPS) is 19.9.